The summed E-state index contributed by atoms with van der Waals surface area (Å²) < 4.78 is 45.0. The van der Waals surface area contributed by atoms with Crippen molar-refractivity contribution in [3.05, 3.63) is 41.5 Å². The van der Waals surface area contributed by atoms with Crippen molar-refractivity contribution in [1.29, 1.82) is 0 Å². The Labute approximate surface area is 158 Å². The molecule has 28 heavy (non-hydrogen) atoms. The molecule has 1 amide bonds. The quantitative estimate of drug-likeness (QED) is 0.813. The Hall–Kier alpha value is -2.66. The number of hydrogen-bond donors (Lipinski definition) is 2. The average molecular weight is 396 g/mol. The number of nitrogens with one attached hydrogen (secondary N) is 2. The zero-order valence-corrected chi connectivity index (χ0v) is 15.0. The first-order valence-corrected chi connectivity index (χ1v) is 8.80. The minimum Gasteiger partial charge on any atom is -0.497 e. The molecule has 0 saturated carbocycles. The molecule has 1 aromatic heterocycles. The molecule has 2 aromatic rings. The van der Waals surface area contributed by atoms with E-state index in [4.69, 9.17) is 4.74 Å². The Morgan fingerprint density at radius 3 is 2.61 bits per heavy atom. The summed E-state index contributed by atoms with van der Waals surface area (Å²) in [6.45, 7) is 0.205. The number of halogens is 3. The molecule has 1 saturated heterocycles. The number of hydrogen-bond acceptors (Lipinski definition) is 6. The third kappa shape index (κ3) is 3.42. The smallest absolute Gasteiger partial charge is 0.451 e. The van der Waals surface area contributed by atoms with E-state index >= 15 is 0 Å². The highest BCUT2D eigenvalue weighted by Gasteiger charge is 2.41. The number of aromatic nitrogens is 3. The molecule has 2 N–H and O–H groups in total. The summed E-state index contributed by atoms with van der Waals surface area (Å²) in [5.41, 5.74) is 7.10. The molecule has 150 valence electrons. The van der Waals surface area contributed by atoms with Crippen LogP contribution in [0.15, 0.2) is 24.3 Å². The Balaban J connectivity index is 1.41. The summed E-state index contributed by atoms with van der Waals surface area (Å²) in [5, 5.41) is 6.85. The molecule has 2 atom stereocenters. The van der Waals surface area contributed by atoms with Crippen LogP contribution >= 0.6 is 0 Å². The maximum absolute atomic E-state index is 12.9. The highest BCUT2D eigenvalue weighted by molar-refractivity contribution is 5.82. The van der Waals surface area contributed by atoms with Crippen molar-refractivity contribution in [2.75, 3.05) is 13.7 Å². The van der Waals surface area contributed by atoms with Gasteiger partial charge in [-0.25, -0.2) is 10.9 Å². The Kier molecular flexibility index (Phi) is 4.71. The summed E-state index contributed by atoms with van der Waals surface area (Å²) in [6, 6.07) is 7.03. The number of amides is 1. The summed E-state index contributed by atoms with van der Waals surface area (Å²) in [5.74, 6) is -0.302. The fourth-order valence-electron chi connectivity index (χ4n) is 3.55. The Morgan fingerprint density at radius 1 is 1.18 bits per heavy atom. The van der Waals surface area contributed by atoms with Crippen LogP contribution in [0.5, 0.6) is 5.75 Å². The van der Waals surface area contributed by atoms with Crippen molar-refractivity contribution in [2.45, 2.75) is 37.8 Å². The standard InChI is InChI=1S/C17H19F3N6O2/c1-28-11-4-2-10(3-5-11)12-8-13(22-21-12)15(27)25-6-7-26-14(9-25)23-24-16(26)17(18,19)20/h2-5,12-13,21-22H,6-9H2,1H3. The molecule has 0 bridgehead atoms. The van der Waals surface area contributed by atoms with E-state index in [0.29, 0.717) is 6.42 Å². The molecule has 2 unspecified atom stereocenters. The Bertz CT molecular complexity index is 867. The summed E-state index contributed by atoms with van der Waals surface area (Å²) in [7, 11) is 1.59. The normalized spacial score (nSPS) is 22.2. The molecule has 2 aliphatic rings. The van der Waals surface area contributed by atoms with Crippen molar-refractivity contribution < 1.29 is 22.7 Å². The molecule has 0 radical (unpaired) electrons. The second kappa shape index (κ2) is 7.06. The van der Waals surface area contributed by atoms with Crippen LogP contribution in [0.2, 0.25) is 0 Å². The molecular weight excluding hydrogens is 377 g/mol. The number of benzene rings is 1. The van der Waals surface area contributed by atoms with E-state index < -0.39 is 18.0 Å². The first-order valence-electron chi connectivity index (χ1n) is 8.80. The predicted molar refractivity (Wildman–Crippen MR) is 90.9 cm³/mol. The number of alkyl halides is 3. The number of nitrogens with zero attached hydrogens (tertiary/aromatic N) is 4. The van der Waals surface area contributed by atoms with Gasteiger partial charge in [-0.05, 0) is 24.1 Å². The van der Waals surface area contributed by atoms with Gasteiger partial charge in [0, 0.05) is 19.1 Å². The van der Waals surface area contributed by atoms with Gasteiger partial charge < -0.3 is 14.2 Å². The molecule has 3 heterocycles. The molecule has 1 fully saturated rings. The number of carbonyl (C=O) groups excluding carboxylic acids is 1. The fraction of sp³-hybridized carbons (Fsp3) is 0.471. The largest absolute Gasteiger partial charge is 0.497 e. The molecule has 2 aliphatic heterocycles. The number of methoxy groups -OCH3 is 1. The van der Waals surface area contributed by atoms with E-state index in [-0.39, 0.29) is 37.4 Å². The van der Waals surface area contributed by atoms with Crippen LogP contribution in [0.3, 0.4) is 0 Å². The van der Waals surface area contributed by atoms with Gasteiger partial charge >= 0.3 is 6.18 Å². The zero-order valence-electron chi connectivity index (χ0n) is 15.0. The minimum atomic E-state index is -4.56. The van der Waals surface area contributed by atoms with Gasteiger partial charge in [-0.2, -0.15) is 13.2 Å². The van der Waals surface area contributed by atoms with Crippen molar-refractivity contribution in [3.63, 3.8) is 0 Å². The zero-order chi connectivity index (χ0) is 19.9. The van der Waals surface area contributed by atoms with E-state index in [2.05, 4.69) is 21.0 Å². The maximum Gasteiger partial charge on any atom is 0.451 e. The predicted octanol–water partition coefficient (Wildman–Crippen LogP) is 1.26. The minimum absolute atomic E-state index is 0.00724. The van der Waals surface area contributed by atoms with E-state index in [0.717, 1.165) is 15.9 Å². The average Bonchev–Trinajstić information content (AvgIpc) is 3.34. The van der Waals surface area contributed by atoms with Gasteiger partial charge in [-0.15, -0.1) is 10.2 Å². The van der Waals surface area contributed by atoms with E-state index in [1.807, 2.05) is 24.3 Å². The highest BCUT2D eigenvalue weighted by Crippen LogP contribution is 2.30. The molecule has 0 spiro atoms. The number of carbonyl (C=O) groups is 1. The van der Waals surface area contributed by atoms with E-state index in [1.165, 1.54) is 4.90 Å². The first kappa shape index (κ1) is 18.7. The van der Waals surface area contributed by atoms with Gasteiger partial charge in [0.05, 0.1) is 13.7 Å². The lowest BCUT2D eigenvalue weighted by Crippen LogP contribution is -2.48. The summed E-state index contributed by atoms with van der Waals surface area (Å²) >= 11 is 0. The van der Waals surface area contributed by atoms with Crippen LogP contribution in [0.1, 0.15) is 29.7 Å². The summed E-state index contributed by atoms with van der Waals surface area (Å²) in [6.07, 6.45) is -4.03. The molecule has 1 aromatic carbocycles. The number of ether oxygens (including phenoxy) is 1. The lowest BCUT2D eigenvalue weighted by Gasteiger charge is -2.29. The van der Waals surface area contributed by atoms with Crippen molar-refractivity contribution in [1.82, 2.24) is 30.5 Å². The maximum atomic E-state index is 12.9. The lowest BCUT2D eigenvalue weighted by atomic mass is 10.0. The topological polar surface area (TPSA) is 84.3 Å². The number of hydrazine groups is 1. The molecule has 8 nitrogen and oxygen atoms in total. The van der Waals surface area contributed by atoms with Crippen molar-refractivity contribution >= 4 is 5.91 Å². The third-order valence-corrected chi connectivity index (χ3v) is 5.04. The van der Waals surface area contributed by atoms with E-state index in [1.54, 1.807) is 7.11 Å². The summed E-state index contributed by atoms with van der Waals surface area (Å²) in [4.78, 5) is 14.3. The fourth-order valence-corrected chi connectivity index (χ4v) is 3.55. The SMILES string of the molecule is COc1ccc(C2CC(C(=O)N3CCn4c(nnc4C(F)(F)F)C3)NN2)cc1. The third-order valence-electron chi connectivity index (χ3n) is 5.04. The van der Waals surface area contributed by atoms with Crippen LogP contribution in [-0.2, 0) is 24.1 Å². The number of fused-ring (bicyclic) bond motifs is 1. The van der Waals surface area contributed by atoms with Gasteiger partial charge in [-0.3, -0.25) is 4.79 Å². The first-order chi connectivity index (χ1) is 13.4. The van der Waals surface area contributed by atoms with Crippen LogP contribution in [-0.4, -0.2) is 45.3 Å². The van der Waals surface area contributed by atoms with Gasteiger partial charge in [0.1, 0.15) is 11.8 Å². The van der Waals surface area contributed by atoms with E-state index in [9.17, 15) is 18.0 Å². The second-order valence-corrected chi connectivity index (χ2v) is 6.75. The molecular formula is C17H19F3N6O2. The van der Waals surface area contributed by atoms with Gasteiger partial charge in [0.2, 0.25) is 11.7 Å². The monoisotopic (exact) mass is 396 g/mol. The Morgan fingerprint density at radius 2 is 1.93 bits per heavy atom. The highest BCUT2D eigenvalue weighted by atomic mass is 19.4. The van der Waals surface area contributed by atoms with Crippen LogP contribution in [0, 0.1) is 0 Å². The van der Waals surface area contributed by atoms with Crippen LogP contribution in [0.25, 0.3) is 0 Å². The van der Waals surface area contributed by atoms with Gasteiger partial charge in [-0.1, -0.05) is 12.1 Å². The van der Waals surface area contributed by atoms with Crippen molar-refractivity contribution in [2.24, 2.45) is 0 Å². The van der Waals surface area contributed by atoms with Gasteiger partial charge in [0.15, 0.2) is 5.82 Å². The molecule has 0 aliphatic carbocycles. The lowest BCUT2D eigenvalue weighted by molar-refractivity contribution is -0.148. The molecule has 11 heteroatoms. The van der Waals surface area contributed by atoms with Crippen LogP contribution in [0.4, 0.5) is 13.2 Å². The van der Waals surface area contributed by atoms with Crippen molar-refractivity contribution in [3.8, 4) is 5.75 Å². The van der Waals surface area contributed by atoms with Gasteiger partial charge in [0.25, 0.3) is 0 Å². The van der Waals surface area contributed by atoms with Crippen LogP contribution < -0.4 is 15.6 Å². The second-order valence-electron chi connectivity index (χ2n) is 6.75. The number of rotatable bonds is 3. The molecule has 4 rings (SSSR count).